The third-order valence-corrected chi connectivity index (χ3v) is 4.30. The Balaban J connectivity index is 1.61. The molecule has 1 heterocycles. The van der Waals surface area contributed by atoms with E-state index in [9.17, 15) is 9.59 Å². The van der Waals surface area contributed by atoms with Crippen molar-refractivity contribution in [2.45, 2.75) is 26.5 Å². The molecule has 2 aromatic carbocycles. The van der Waals surface area contributed by atoms with Crippen molar-refractivity contribution in [3.8, 4) is 17.2 Å². The van der Waals surface area contributed by atoms with Crippen molar-refractivity contribution in [1.82, 2.24) is 5.32 Å². The molecule has 148 valence electrons. The van der Waals surface area contributed by atoms with Gasteiger partial charge in [0.1, 0.15) is 13.2 Å². The Hall–Kier alpha value is -3.22. The first-order chi connectivity index (χ1) is 13.5. The highest BCUT2D eigenvalue weighted by atomic mass is 16.6. The number of carbonyl (C=O) groups excluding carboxylic acids is 2. The SMILES string of the molecule is COc1cc(C(=O)O[C@@H](C)C(=O)NCc2ccc(C)cc2)cc2c1OCCO2. The van der Waals surface area contributed by atoms with Crippen molar-refractivity contribution in [3.63, 3.8) is 0 Å². The Bertz CT molecular complexity index is 845. The number of nitrogens with one attached hydrogen (secondary N) is 1. The lowest BCUT2D eigenvalue weighted by Crippen LogP contribution is -2.35. The van der Waals surface area contributed by atoms with Gasteiger partial charge in [-0.05, 0) is 31.5 Å². The maximum atomic E-state index is 12.5. The third kappa shape index (κ3) is 4.54. The van der Waals surface area contributed by atoms with Crippen LogP contribution in [-0.2, 0) is 16.1 Å². The van der Waals surface area contributed by atoms with Crippen LogP contribution in [-0.4, -0.2) is 38.3 Å². The second-order valence-corrected chi connectivity index (χ2v) is 6.45. The molecule has 0 aliphatic carbocycles. The average molecular weight is 385 g/mol. The van der Waals surface area contributed by atoms with Crippen LogP contribution in [0.5, 0.6) is 17.2 Å². The molecule has 0 spiro atoms. The Labute approximate surface area is 163 Å². The fourth-order valence-corrected chi connectivity index (χ4v) is 2.71. The summed E-state index contributed by atoms with van der Waals surface area (Å²) in [4.78, 5) is 24.7. The first-order valence-electron chi connectivity index (χ1n) is 9.00. The monoisotopic (exact) mass is 385 g/mol. The second-order valence-electron chi connectivity index (χ2n) is 6.45. The molecule has 1 N–H and O–H groups in total. The van der Waals surface area contributed by atoms with Gasteiger partial charge in [-0.3, -0.25) is 4.79 Å². The molecule has 0 aromatic heterocycles. The van der Waals surface area contributed by atoms with Crippen molar-refractivity contribution >= 4 is 11.9 Å². The van der Waals surface area contributed by atoms with Crippen LogP contribution < -0.4 is 19.5 Å². The molecule has 1 amide bonds. The molecule has 28 heavy (non-hydrogen) atoms. The fourth-order valence-electron chi connectivity index (χ4n) is 2.71. The summed E-state index contributed by atoms with van der Waals surface area (Å²) in [6.07, 6.45) is -0.947. The number of rotatable bonds is 6. The van der Waals surface area contributed by atoms with E-state index in [2.05, 4.69) is 5.32 Å². The van der Waals surface area contributed by atoms with E-state index in [1.54, 1.807) is 0 Å². The Morgan fingerprint density at radius 2 is 1.86 bits per heavy atom. The minimum atomic E-state index is -0.947. The van der Waals surface area contributed by atoms with Gasteiger partial charge in [0.05, 0.1) is 12.7 Å². The average Bonchev–Trinajstić information content (AvgIpc) is 2.72. The van der Waals surface area contributed by atoms with Gasteiger partial charge in [-0.1, -0.05) is 29.8 Å². The number of esters is 1. The third-order valence-electron chi connectivity index (χ3n) is 4.30. The van der Waals surface area contributed by atoms with E-state index in [0.29, 0.717) is 37.0 Å². The molecule has 7 nitrogen and oxygen atoms in total. The number of benzene rings is 2. The van der Waals surface area contributed by atoms with Crippen LogP contribution in [0, 0.1) is 6.92 Å². The van der Waals surface area contributed by atoms with E-state index in [0.717, 1.165) is 11.1 Å². The molecular formula is C21H23NO6. The molecular weight excluding hydrogens is 362 g/mol. The number of hydrogen-bond acceptors (Lipinski definition) is 6. The van der Waals surface area contributed by atoms with Crippen molar-refractivity contribution in [2.75, 3.05) is 20.3 Å². The quantitative estimate of drug-likeness (QED) is 0.770. The zero-order valence-corrected chi connectivity index (χ0v) is 16.1. The van der Waals surface area contributed by atoms with Crippen LogP contribution in [0.1, 0.15) is 28.4 Å². The number of aryl methyl sites for hydroxylation is 1. The van der Waals surface area contributed by atoms with Gasteiger partial charge in [0.15, 0.2) is 17.6 Å². The highest BCUT2D eigenvalue weighted by molar-refractivity contribution is 5.93. The minimum Gasteiger partial charge on any atom is -0.493 e. The summed E-state index contributed by atoms with van der Waals surface area (Å²) in [6, 6.07) is 10.9. The Morgan fingerprint density at radius 1 is 1.14 bits per heavy atom. The van der Waals surface area contributed by atoms with Gasteiger partial charge in [-0.25, -0.2) is 4.79 Å². The first-order valence-corrected chi connectivity index (χ1v) is 9.00. The summed E-state index contributed by atoms with van der Waals surface area (Å²) in [5, 5.41) is 2.76. The van der Waals surface area contributed by atoms with E-state index < -0.39 is 12.1 Å². The topological polar surface area (TPSA) is 83.1 Å². The molecule has 0 unspecified atom stereocenters. The van der Waals surface area contributed by atoms with Crippen LogP contribution in [0.3, 0.4) is 0 Å². The van der Waals surface area contributed by atoms with E-state index in [1.807, 2.05) is 31.2 Å². The summed E-state index contributed by atoms with van der Waals surface area (Å²) >= 11 is 0. The van der Waals surface area contributed by atoms with E-state index in [4.69, 9.17) is 18.9 Å². The largest absolute Gasteiger partial charge is 0.493 e. The van der Waals surface area contributed by atoms with Gasteiger partial charge in [0, 0.05) is 6.54 Å². The zero-order chi connectivity index (χ0) is 20.1. The van der Waals surface area contributed by atoms with Crippen LogP contribution in [0.25, 0.3) is 0 Å². The highest BCUT2D eigenvalue weighted by Crippen LogP contribution is 2.40. The zero-order valence-electron chi connectivity index (χ0n) is 16.1. The van der Waals surface area contributed by atoms with Crippen molar-refractivity contribution in [3.05, 3.63) is 53.1 Å². The predicted octanol–water partition coefficient (Wildman–Crippen LogP) is 2.64. The van der Waals surface area contributed by atoms with Gasteiger partial charge in [-0.15, -0.1) is 0 Å². The van der Waals surface area contributed by atoms with Gasteiger partial charge >= 0.3 is 5.97 Å². The lowest BCUT2D eigenvalue weighted by molar-refractivity contribution is -0.129. The van der Waals surface area contributed by atoms with E-state index in [-0.39, 0.29) is 11.5 Å². The lowest BCUT2D eigenvalue weighted by Gasteiger charge is -2.21. The summed E-state index contributed by atoms with van der Waals surface area (Å²) in [6.45, 7) is 4.67. The van der Waals surface area contributed by atoms with E-state index >= 15 is 0 Å². The first kappa shape index (κ1) is 19.5. The van der Waals surface area contributed by atoms with Gasteiger partial charge in [-0.2, -0.15) is 0 Å². The van der Waals surface area contributed by atoms with Crippen LogP contribution in [0.4, 0.5) is 0 Å². The second kappa shape index (κ2) is 8.65. The normalized spacial score (nSPS) is 13.4. The van der Waals surface area contributed by atoms with E-state index in [1.165, 1.54) is 26.2 Å². The van der Waals surface area contributed by atoms with Gasteiger partial charge in [0.2, 0.25) is 5.75 Å². The maximum absolute atomic E-state index is 12.5. The molecule has 0 radical (unpaired) electrons. The van der Waals surface area contributed by atoms with Gasteiger partial charge < -0.3 is 24.3 Å². The number of methoxy groups -OCH3 is 1. The van der Waals surface area contributed by atoms with Crippen molar-refractivity contribution in [2.24, 2.45) is 0 Å². The maximum Gasteiger partial charge on any atom is 0.339 e. The number of fused-ring (bicyclic) bond motifs is 1. The number of carbonyl (C=O) groups is 2. The molecule has 0 saturated carbocycles. The number of hydrogen-bond donors (Lipinski definition) is 1. The molecule has 1 aliphatic heterocycles. The number of amides is 1. The lowest BCUT2D eigenvalue weighted by atomic mass is 10.1. The standard InChI is InChI=1S/C21H23NO6/c1-13-4-6-15(7-5-13)12-22-20(23)14(2)28-21(24)16-10-17(25-3)19-18(11-16)26-8-9-27-19/h4-7,10-11,14H,8-9,12H2,1-3H3,(H,22,23)/t14-/m0/s1. The molecule has 0 saturated heterocycles. The summed E-state index contributed by atoms with van der Waals surface area (Å²) in [7, 11) is 1.48. The van der Waals surface area contributed by atoms with Gasteiger partial charge in [0.25, 0.3) is 5.91 Å². The molecule has 0 bridgehead atoms. The molecule has 2 aromatic rings. The number of ether oxygens (including phenoxy) is 4. The molecule has 3 rings (SSSR count). The van der Waals surface area contributed by atoms with Crippen LogP contribution >= 0.6 is 0 Å². The smallest absolute Gasteiger partial charge is 0.339 e. The molecule has 1 atom stereocenters. The molecule has 0 fully saturated rings. The summed E-state index contributed by atoms with van der Waals surface area (Å²) in [5.41, 5.74) is 2.33. The van der Waals surface area contributed by atoms with Crippen molar-refractivity contribution < 1.29 is 28.5 Å². The molecule has 1 aliphatic rings. The predicted molar refractivity (Wildman–Crippen MR) is 102 cm³/mol. The summed E-state index contributed by atoms with van der Waals surface area (Å²) < 4.78 is 21.6. The van der Waals surface area contributed by atoms with Crippen LogP contribution in [0.2, 0.25) is 0 Å². The summed E-state index contributed by atoms with van der Waals surface area (Å²) in [5.74, 6) is 0.218. The molecule has 7 heteroatoms. The Kier molecular flexibility index (Phi) is 6.03. The fraction of sp³-hybridized carbons (Fsp3) is 0.333. The minimum absolute atomic E-state index is 0.222. The highest BCUT2D eigenvalue weighted by Gasteiger charge is 2.24. The van der Waals surface area contributed by atoms with Crippen molar-refractivity contribution in [1.29, 1.82) is 0 Å². The van der Waals surface area contributed by atoms with Crippen LogP contribution in [0.15, 0.2) is 36.4 Å². The Morgan fingerprint density at radius 3 is 2.57 bits per heavy atom.